The molecule has 0 saturated heterocycles. The average Bonchev–Trinajstić information content (AvgIpc) is 2.61. The Hall–Kier alpha value is -3.16. The van der Waals surface area contributed by atoms with Gasteiger partial charge in [-0.1, -0.05) is 18.2 Å². The molecule has 140 valence electrons. The fourth-order valence-electron chi connectivity index (χ4n) is 2.06. The minimum atomic E-state index is -0.527. The number of hydrogen-bond donors (Lipinski definition) is 3. The fourth-order valence-corrected chi connectivity index (χ4v) is 2.06. The van der Waals surface area contributed by atoms with Gasteiger partial charge in [-0.05, 0) is 24.6 Å². The zero-order valence-electron chi connectivity index (χ0n) is 14.7. The zero-order chi connectivity index (χ0) is 19.4. The smallest absolute Gasteiger partial charge is 0.308 e. The lowest BCUT2D eigenvalue weighted by Gasteiger charge is -2.14. The molecule has 1 unspecified atom stereocenters. The van der Waals surface area contributed by atoms with Crippen LogP contribution < -0.4 is 16.5 Å². The van der Waals surface area contributed by atoms with Crippen LogP contribution in [0.4, 0.5) is 5.69 Å². The SMILES string of the molecule is C=CC(CC(=O)OCC)NC(=O)CCC(=O)Nc1ccc(C=NN)cc1. The van der Waals surface area contributed by atoms with Crippen LogP contribution in [0.15, 0.2) is 42.0 Å². The molecule has 0 aliphatic carbocycles. The van der Waals surface area contributed by atoms with Crippen molar-refractivity contribution in [1.82, 2.24) is 5.32 Å². The van der Waals surface area contributed by atoms with Crippen molar-refractivity contribution in [2.24, 2.45) is 10.9 Å². The van der Waals surface area contributed by atoms with Crippen LogP contribution in [0.5, 0.6) is 0 Å². The Morgan fingerprint density at radius 2 is 1.88 bits per heavy atom. The van der Waals surface area contributed by atoms with E-state index < -0.39 is 12.0 Å². The van der Waals surface area contributed by atoms with Crippen molar-refractivity contribution in [3.8, 4) is 0 Å². The number of nitrogens with one attached hydrogen (secondary N) is 2. The predicted molar refractivity (Wildman–Crippen MR) is 99.5 cm³/mol. The van der Waals surface area contributed by atoms with Crippen LogP contribution >= 0.6 is 0 Å². The molecule has 1 aromatic carbocycles. The Morgan fingerprint density at radius 1 is 1.23 bits per heavy atom. The number of carbonyl (C=O) groups is 3. The first-order chi connectivity index (χ1) is 12.5. The number of benzene rings is 1. The Morgan fingerprint density at radius 3 is 2.46 bits per heavy atom. The Kier molecular flexibility index (Phi) is 9.16. The molecule has 1 rings (SSSR count). The number of hydrogen-bond acceptors (Lipinski definition) is 6. The van der Waals surface area contributed by atoms with Gasteiger partial charge in [-0.15, -0.1) is 6.58 Å². The second kappa shape index (κ2) is 11.4. The van der Waals surface area contributed by atoms with E-state index in [0.717, 1.165) is 5.56 Å². The van der Waals surface area contributed by atoms with Crippen molar-refractivity contribution in [2.45, 2.75) is 32.2 Å². The van der Waals surface area contributed by atoms with Crippen LogP contribution in [0.25, 0.3) is 0 Å². The number of carbonyl (C=O) groups excluding carboxylic acids is 3. The lowest BCUT2D eigenvalue weighted by atomic mass is 10.2. The molecule has 0 radical (unpaired) electrons. The highest BCUT2D eigenvalue weighted by molar-refractivity contribution is 5.93. The summed E-state index contributed by atoms with van der Waals surface area (Å²) in [5.74, 6) is 4.01. The van der Waals surface area contributed by atoms with Gasteiger partial charge in [0.2, 0.25) is 11.8 Å². The summed E-state index contributed by atoms with van der Waals surface area (Å²) in [5.41, 5.74) is 1.41. The summed E-state index contributed by atoms with van der Waals surface area (Å²) in [4.78, 5) is 35.2. The van der Waals surface area contributed by atoms with Crippen LogP contribution in [0.2, 0.25) is 0 Å². The molecule has 2 amide bonds. The predicted octanol–water partition coefficient (Wildman–Crippen LogP) is 1.32. The van der Waals surface area contributed by atoms with Gasteiger partial charge in [0.05, 0.1) is 25.3 Å². The summed E-state index contributed by atoms with van der Waals surface area (Å²) in [7, 11) is 0. The Bertz CT molecular complexity index is 656. The van der Waals surface area contributed by atoms with E-state index in [9.17, 15) is 14.4 Å². The molecule has 0 aromatic heterocycles. The van der Waals surface area contributed by atoms with Crippen molar-refractivity contribution in [3.63, 3.8) is 0 Å². The van der Waals surface area contributed by atoms with Crippen molar-refractivity contribution < 1.29 is 19.1 Å². The number of amides is 2. The molecule has 26 heavy (non-hydrogen) atoms. The first kappa shape index (κ1) is 20.9. The third-order valence-electron chi connectivity index (χ3n) is 3.32. The quantitative estimate of drug-likeness (QED) is 0.191. The molecule has 0 saturated carbocycles. The zero-order valence-corrected chi connectivity index (χ0v) is 14.7. The maximum Gasteiger partial charge on any atom is 0.308 e. The summed E-state index contributed by atoms with van der Waals surface area (Å²) in [6.07, 6.45) is 2.97. The first-order valence-electron chi connectivity index (χ1n) is 8.19. The molecule has 1 aromatic rings. The maximum atomic E-state index is 11.9. The minimum Gasteiger partial charge on any atom is -0.466 e. The van der Waals surface area contributed by atoms with Crippen LogP contribution in [0.3, 0.4) is 0 Å². The molecule has 0 aliphatic rings. The largest absolute Gasteiger partial charge is 0.466 e. The van der Waals surface area contributed by atoms with Crippen LogP contribution in [0.1, 0.15) is 31.7 Å². The number of hydrazone groups is 1. The molecule has 8 nitrogen and oxygen atoms in total. The van der Waals surface area contributed by atoms with Crippen molar-refractivity contribution in [3.05, 3.63) is 42.5 Å². The number of anilines is 1. The van der Waals surface area contributed by atoms with E-state index >= 15 is 0 Å². The molecule has 0 aliphatic heterocycles. The number of rotatable bonds is 10. The number of nitrogens with zero attached hydrogens (tertiary/aromatic N) is 1. The molecular weight excluding hydrogens is 336 g/mol. The van der Waals surface area contributed by atoms with Crippen molar-refractivity contribution in [2.75, 3.05) is 11.9 Å². The van der Waals surface area contributed by atoms with Crippen LogP contribution in [0, 0.1) is 0 Å². The molecule has 0 fully saturated rings. The monoisotopic (exact) mass is 360 g/mol. The number of ether oxygens (including phenoxy) is 1. The molecule has 1 atom stereocenters. The second-order valence-electron chi connectivity index (χ2n) is 5.37. The third kappa shape index (κ3) is 8.09. The van der Waals surface area contributed by atoms with E-state index in [4.69, 9.17) is 10.6 Å². The van der Waals surface area contributed by atoms with Gasteiger partial charge in [-0.25, -0.2) is 0 Å². The highest BCUT2D eigenvalue weighted by Crippen LogP contribution is 2.09. The Labute approximate surface area is 152 Å². The molecular formula is C18H24N4O4. The second-order valence-corrected chi connectivity index (χ2v) is 5.37. The van der Waals surface area contributed by atoms with E-state index in [1.807, 2.05) is 0 Å². The van der Waals surface area contributed by atoms with Crippen molar-refractivity contribution in [1.29, 1.82) is 0 Å². The molecule has 0 bridgehead atoms. The summed E-state index contributed by atoms with van der Waals surface area (Å²) in [6.45, 7) is 5.56. The summed E-state index contributed by atoms with van der Waals surface area (Å²) in [6, 6.07) is 6.40. The number of nitrogens with two attached hydrogens (primary N) is 1. The lowest BCUT2D eigenvalue weighted by Crippen LogP contribution is -2.35. The topological polar surface area (TPSA) is 123 Å². The molecule has 0 heterocycles. The summed E-state index contributed by atoms with van der Waals surface area (Å²) in [5, 5.41) is 8.74. The summed E-state index contributed by atoms with van der Waals surface area (Å²) < 4.78 is 4.83. The van der Waals surface area contributed by atoms with Gasteiger partial charge in [0.1, 0.15) is 0 Å². The normalized spacial score (nSPS) is 11.6. The fraction of sp³-hybridized carbons (Fsp3) is 0.333. The maximum absolute atomic E-state index is 11.9. The number of esters is 1. The van der Waals surface area contributed by atoms with E-state index in [2.05, 4.69) is 22.3 Å². The van der Waals surface area contributed by atoms with E-state index in [-0.39, 0.29) is 37.7 Å². The molecule has 0 spiro atoms. The third-order valence-corrected chi connectivity index (χ3v) is 3.32. The van der Waals surface area contributed by atoms with E-state index in [1.54, 1.807) is 31.2 Å². The highest BCUT2D eigenvalue weighted by atomic mass is 16.5. The van der Waals surface area contributed by atoms with Crippen molar-refractivity contribution >= 4 is 29.7 Å². The van der Waals surface area contributed by atoms with Gasteiger partial charge in [-0.3, -0.25) is 14.4 Å². The molecule has 8 heteroatoms. The van der Waals surface area contributed by atoms with Gasteiger partial charge in [0.15, 0.2) is 0 Å². The minimum absolute atomic E-state index is 0.00306. The molecule has 4 N–H and O–H groups in total. The standard InChI is InChI=1S/C18H24N4O4/c1-3-14(11-18(25)26-4-2)21-16(23)9-10-17(24)22-15-7-5-13(6-8-15)12-20-19/h3,5-8,12,14H,1,4,9-11,19H2,2H3,(H,21,23)(H,22,24). The van der Waals surface area contributed by atoms with Gasteiger partial charge in [-0.2, -0.15) is 5.10 Å². The van der Waals surface area contributed by atoms with Gasteiger partial charge in [0, 0.05) is 18.5 Å². The lowest BCUT2D eigenvalue weighted by molar-refractivity contribution is -0.143. The first-order valence-corrected chi connectivity index (χ1v) is 8.19. The average molecular weight is 360 g/mol. The van der Waals surface area contributed by atoms with Gasteiger partial charge in [0.25, 0.3) is 0 Å². The van der Waals surface area contributed by atoms with Gasteiger partial charge >= 0.3 is 5.97 Å². The van der Waals surface area contributed by atoms with Crippen LogP contribution in [-0.4, -0.2) is 36.6 Å². The summed E-state index contributed by atoms with van der Waals surface area (Å²) >= 11 is 0. The highest BCUT2D eigenvalue weighted by Gasteiger charge is 2.15. The van der Waals surface area contributed by atoms with Gasteiger partial charge < -0.3 is 21.2 Å². The van der Waals surface area contributed by atoms with E-state index in [1.165, 1.54) is 12.3 Å². The van der Waals surface area contributed by atoms with E-state index in [0.29, 0.717) is 5.69 Å². The van der Waals surface area contributed by atoms with Crippen LogP contribution in [-0.2, 0) is 19.1 Å². The Balaban J connectivity index is 2.39.